The molecule has 2 aromatic rings. The van der Waals surface area contributed by atoms with Crippen LogP contribution in [0.15, 0.2) is 42.6 Å². The Morgan fingerprint density at radius 3 is 2.57 bits per heavy atom. The summed E-state index contributed by atoms with van der Waals surface area (Å²) in [5.41, 5.74) is 3.49. The maximum atomic E-state index is 12.6. The monoisotopic (exact) mass is 381 g/mol. The maximum absolute atomic E-state index is 12.6. The van der Waals surface area contributed by atoms with Gasteiger partial charge in [0.25, 0.3) is 5.91 Å². The van der Waals surface area contributed by atoms with Crippen LogP contribution in [0.2, 0.25) is 0 Å². The van der Waals surface area contributed by atoms with Gasteiger partial charge in [0.1, 0.15) is 6.04 Å². The van der Waals surface area contributed by atoms with Crippen molar-refractivity contribution in [1.82, 2.24) is 4.57 Å². The summed E-state index contributed by atoms with van der Waals surface area (Å²) in [6.45, 7) is 6.19. The van der Waals surface area contributed by atoms with Gasteiger partial charge in [-0.15, -0.1) is 0 Å². The van der Waals surface area contributed by atoms with Gasteiger partial charge in [0, 0.05) is 50.6 Å². The minimum atomic E-state index is 0.107. The van der Waals surface area contributed by atoms with Gasteiger partial charge < -0.3 is 19.7 Å². The van der Waals surface area contributed by atoms with Crippen molar-refractivity contribution < 1.29 is 9.69 Å². The Hall–Kier alpha value is -2.27. The largest absolute Gasteiger partial charge is 0.372 e. The number of nitrogens with one attached hydrogen (secondary N) is 2. The molecule has 2 aliphatic heterocycles. The molecule has 2 aliphatic rings. The number of rotatable bonds is 5. The molecule has 0 aliphatic carbocycles. The summed E-state index contributed by atoms with van der Waals surface area (Å²) in [4.78, 5) is 16.5. The van der Waals surface area contributed by atoms with E-state index >= 15 is 0 Å². The second kappa shape index (κ2) is 8.39. The van der Waals surface area contributed by atoms with Crippen molar-refractivity contribution >= 4 is 17.3 Å². The highest BCUT2D eigenvalue weighted by Crippen LogP contribution is 2.24. The Bertz CT molecular complexity index is 789. The molecule has 4 rings (SSSR count). The van der Waals surface area contributed by atoms with Gasteiger partial charge in [-0.05, 0) is 55.2 Å². The van der Waals surface area contributed by atoms with Crippen molar-refractivity contribution in [2.45, 2.75) is 38.6 Å². The van der Waals surface area contributed by atoms with E-state index in [-0.39, 0.29) is 5.91 Å². The standard InChI is InChI=1S/C23H32N4O/c1-18-11-15-26(16-12-18)20-9-7-19(8-10-20)24-23(28)17-27-14-4-6-22(27)21-5-3-13-25(21)2/h3,5,7-10,13,18,22H,4,6,11-12,14-17H2,1-2H3,(H,24,28)/p+1/t22-/m1/s1. The molecule has 28 heavy (non-hydrogen) atoms. The number of anilines is 2. The molecule has 5 heteroatoms. The third-order valence-electron chi connectivity index (χ3n) is 6.51. The lowest BCUT2D eigenvalue weighted by Gasteiger charge is -2.32. The Labute approximate surface area is 168 Å². The molecule has 3 heterocycles. The fourth-order valence-corrected chi connectivity index (χ4v) is 4.75. The molecule has 0 radical (unpaired) electrons. The number of amides is 1. The van der Waals surface area contributed by atoms with Crippen molar-refractivity contribution in [3.63, 3.8) is 0 Å². The van der Waals surface area contributed by atoms with Gasteiger partial charge in [-0.1, -0.05) is 6.92 Å². The molecule has 1 unspecified atom stereocenters. The molecule has 1 amide bonds. The van der Waals surface area contributed by atoms with Crippen molar-refractivity contribution in [1.29, 1.82) is 0 Å². The van der Waals surface area contributed by atoms with Crippen molar-refractivity contribution in [2.24, 2.45) is 13.0 Å². The fourth-order valence-electron chi connectivity index (χ4n) is 4.75. The van der Waals surface area contributed by atoms with Crippen LogP contribution in [0.5, 0.6) is 0 Å². The number of hydrogen-bond acceptors (Lipinski definition) is 2. The summed E-state index contributed by atoms with van der Waals surface area (Å²) in [5, 5.41) is 3.10. The van der Waals surface area contributed by atoms with Crippen molar-refractivity contribution in [3.05, 3.63) is 48.3 Å². The van der Waals surface area contributed by atoms with Crippen LogP contribution in [0.25, 0.3) is 0 Å². The zero-order chi connectivity index (χ0) is 19.5. The fraction of sp³-hybridized carbons (Fsp3) is 0.522. The average molecular weight is 382 g/mol. The van der Waals surface area contributed by atoms with Crippen LogP contribution in [0, 0.1) is 5.92 Å². The predicted octanol–water partition coefficient (Wildman–Crippen LogP) is 2.62. The quantitative estimate of drug-likeness (QED) is 0.836. The van der Waals surface area contributed by atoms with E-state index in [0.29, 0.717) is 12.6 Å². The van der Waals surface area contributed by atoms with Crippen LogP contribution < -0.4 is 15.1 Å². The van der Waals surface area contributed by atoms with Gasteiger partial charge in [-0.2, -0.15) is 0 Å². The second-order valence-corrected chi connectivity index (χ2v) is 8.59. The first kappa shape index (κ1) is 19.1. The molecule has 150 valence electrons. The summed E-state index contributed by atoms with van der Waals surface area (Å²) >= 11 is 0. The SMILES string of the molecule is CC1CCN(c2ccc(NC(=O)C[NH+]3CCC[C@@H]3c3cccn3C)cc2)CC1. The maximum Gasteiger partial charge on any atom is 0.279 e. The summed E-state index contributed by atoms with van der Waals surface area (Å²) in [6, 6.07) is 13.1. The highest BCUT2D eigenvalue weighted by molar-refractivity contribution is 5.91. The zero-order valence-corrected chi connectivity index (χ0v) is 17.2. The summed E-state index contributed by atoms with van der Waals surface area (Å²) in [7, 11) is 2.09. The zero-order valence-electron chi connectivity index (χ0n) is 17.2. The molecule has 2 saturated heterocycles. The molecular formula is C23H33N4O+. The van der Waals surface area contributed by atoms with Gasteiger partial charge in [-0.3, -0.25) is 4.79 Å². The first-order chi connectivity index (χ1) is 13.6. The van der Waals surface area contributed by atoms with Crippen LogP contribution in [-0.4, -0.2) is 36.7 Å². The molecule has 0 spiro atoms. The number of quaternary nitrogens is 1. The summed E-state index contributed by atoms with van der Waals surface area (Å²) in [6.07, 6.45) is 6.96. The third kappa shape index (κ3) is 4.25. The first-order valence-corrected chi connectivity index (χ1v) is 10.7. The molecule has 0 bridgehead atoms. The van der Waals surface area contributed by atoms with E-state index in [9.17, 15) is 4.79 Å². The van der Waals surface area contributed by atoms with Crippen LogP contribution >= 0.6 is 0 Å². The van der Waals surface area contributed by atoms with Crippen LogP contribution in [0.1, 0.15) is 44.3 Å². The number of aryl methyl sites for hydroxylation is 1. The number of nitrogens with zero attached hydrogens (tertiary/aromatic N) is 2. The number of aromatic nitrogens is 1. The molecule has 0 saturated carbocycles. The second-order valence-electron chi connectivity index (χ2n) is 8.59. The number of carbonyl (C=O) groups excluding carboxylic acids is 1. The predicted molar refractivity (Wildman–Crippen MR) is 114 cm³/mol. The van der Waals surface area contributed by atoms with Crippen molar-refractivity contribution in [3.8, 4) is 0 Å². The lowest BCUT2D eigenvalue weighted by atomic mass is 9.99. The van der Waals surface area contributed by atoms with Gasteiger partial charge in [0.05, 0.1) is 12.2 Å². The van der Waals surface area contributed by atoms with E-state index in [4.69, 9.17) is 0 Å². The highest BCUT2D eigenvalue weighted by atomic mass is 16.2. The van der Waals surface area contributed by atoms with E-state index < -0.39 is 0 Å². The van der Waals surface area contributed by atoms with Crippen LogP contribution in [0.3, 0.4) is 0 Å². The third-order valence-corrected chi connectivity index (χ3v) is 6.51. The number of benzene rings is 1. The normalized spacial score (nSPS) is 23.1. The van der Waals surface area contributed by atoms with Gasteiger partial charge in [-0.25, -0.2) is 0 Å². The van der Waals surface area contributed by atoms with Crippen LogP contribution in [0.4, 0.5) is 11.4 Å². The Morgan fingerprint density at radius 1 is 1.14 bits per heavy atom. The highest BCUT2D eigenvalue weighted by Gasteiger charge is 2.32. The molecule has 1 aromatic heterocycles. The van der Waals surface area contributed by atoms with E-state index in [0.717, 1.165) is 37.7 Å². The minimum Gasteiger partial charge on any atom is -0.372 e. The molecule has 2 N–H and O–H groups in total. The van der Waals surface area contributed by atoms with Crippen LogP contribution in [-0.2, 0) is 11.8 Å². The molecule has 2 atom stereocenters. The molecule has 2 fully saturated rings. The Balaban J connectivity index is 1.33. The topological polar surface area (TPSA) is 41.7 Å². The average Bonchev–Trinajstić information content (AvgIpc) is 3.31. The number of likely N-dealkylation sites (tertiary alicyclic amines) is 1. The Kier molecular flexibility index (Phi) is 5.72. The Morgan fingerprint density at radius 2 is 1.89 bits per heavy atom. The van der Waals surface area contributed by atoms with Gasteiger partial charge >= 0.3 is 0 Å². The van der Waals surface area contributed by atoms with Gasteiger partial charge in [0.15, 0.2) is 6.54 Å². The van der Waals surface area contributed by atoms with Gasteiger partial charge in [0.2, 0.25) is 0 Å². The summed E-state index contributed by atoms with van der Waals surface area (Å²) < 4.78 is 2.19. The number of hydrogen-bond donors (Lipinski definition) is 2. The minimum absolute atomic E-state index is 0.107. The molecular weight excluding hydrogens is 348 g/mol. The lowest BCUT2D eigenvalue weighted by molar-refractivity contribution is -0.910. The lowest BCUT2D eigenvalue weighted by Crippen LogP contribution is -3.11. The summed E-state index contributed by atoms with van der Waals surface area (Å²) in [5.74, 6) is 0.943. The molecule has 5 nitrogen and oxygen atoms in total. The smallest absolute Gasteiger partial charge is 0.279 e. The first-order valence-electron chi connectivity index (χ1n) is 10.7. The van der Waals surface area contributed by atoms with Crippen molar-refractivity contribution in [2.75, 3.05) is 36.4 Å². The van der Waals surface area contributed by atoms with E-state index in [1.165, 1.54) is 35.5 Å². The van der Waals surface area contributed by atoms with E-state index in [1.807, 2.05) is 12.1 Å². The van der Waals surface area contributed by atoms with E-state index in [1.54, 1.807) is 0 Å². The van der Waals surface area contributed by atoms with E-state index in [2.05, 4.69) is 59.2 Å². The number of carbonyl (C=O) groups is 1. The number of piperidine rings is 1. The molecule has 1 aromatic carbocycles.